The third-order valence-electron chi connectivity index (χ3n) is 3.83. The number of amides is 2. The molecule has 2 amide bonds. The van der Waals surface area contributed by atoms with Gasteiger partial charge in [0.15, 0.2) is 5.76 Å². The molecule has 0 unspecified atom stereocenters. The van der Waals surface area contributed by atoms with Crippen LogP contribution in [0.25, 0.3) is 0 Å². The monoisotopic (exact) mass is 396 g/mol. The third kappa shape index (κ3) is 5.29. The highest BCUT2D eigenvalue weighted by molar-refractivity contribution is 6.02. The van der Waals surface area contributed by atoms with Crippen molar-refractivity contribution in [1.29, 1.82) is 0 Å². The molecule has 0 saturated heterocycles. The van der Waals surface area contributed by atoms with Crippen molar-refractivity contribution in [2.75, 3.05) is 10.6 Å². The van der Waals surface area contributed by atoms with Gasteiger partial charge in [-0.2, -0.15) is 0 Å². The Morgan fingerprint density at radius 3 is 2.31 bits per heavy atom. The van der Waals surface area contributed by atoms with Crippen LogP contribution >= 0.6 is 0 Å². The summed E-state index contributed by atoms with van der Waals surface area (Å²) in [6.07, 6.45) is 1.01. The van der Waals surface area contributed by atoms with Gasteiger partial charge in [0.2, 0.25) is 17.1 Å². The van der Waals surface area contributed by atoms with Crippen molar-refractivity contribution in [3.8, 4) is 5.75 Å². The Morgan fingerprint density at radius 2 is 1.69 bits per heavy atom. The number of hydrogen-bond donors (Lipinski definition) is 2. The highest BCUT2D eigenvalue weighted by atomic mass is 19.1. The molecule has 0 radical (unpaired) electrons. The minimum atomic E-state index is -0.630. The molecule has 7 nitrogen and oxygen atoms in total. The number of halogens is 1. The second kappa shape index (κ2) is 8.83. The first-order chi connectivity index (χ1) is 13.9. The SMILES string of the molecule is CC(=O)Nc1ccc(NC(=O)c2cc(=O)c(OCc3ccccc3F)co2)cc1. The second-order valence-corrected chi connectivity index (χ2v) is 6.07. The molecule has 29 heavy (non-hydrogen) atoms. The molecular formula is C21H17FN2O5. The van der Waals surface area contributed by atoms with Crippen LogP contribution in [0.5, 0.6) is 5.75 Å². The molecule has 1 heterocycles. The summed E-state index contributed by atoms with van der Waals surface area (Å²) in [6, 6.07) is 13.4. The molecule has 0 fully saturated rings. The fourth-order valence-corrected chi connectivity index (χ4v) is 2.43. The van der Waals surface area contributed by atoms with E-state index in [0.29, 0.717) is 11.4 Å². The zero-order valence-electron chi connectivity index (χ0n) is 15.4. The first kappa shape index (κ1) is 19.8. The number of carbonyl (C=O) groups excluding carboxylic acids is 2. The van der Waals surface area contributed by atoms with Gasteiger partial charge in [0.1, 0.15) is 18.7 Å². The summed E-state index contributed by atoms with van der Waals surface area (Å²) in [7, 11) is 0. The quantitative estimate of drug-likeness (QED) is 0.664. The van der Waals surface area contributed by atoms with E-state index < -0.39 is 17.2 Å². The van der Waals surface area contributed by atoms with Crippen molar-refractivity contribution in [1.82, 2.24) is 0 Å². The smallest absolute Gasteiger partial charge is 0.291 e. The molecule has 1 aromatic heterocycles. The number of hydrogen-bond acceptors (Lipinski definition) is 5. The van der Waals surface area contributed by atoms with Crippen LogP contribution in [0.1, 0.15) is 23.0 Å². The number of ether oxygens (including phenoxy) is 1. The maximum atomic E-state index is 13.6. The van der Waals surface area contributed by atoms with Gasteiger partial charge in [0, 0.05) is 29.9 Å². The molecule has 3 rings (SSSR count). The highest BCUT2D eigenvalue weighted by Gasteiger charge is 2.13. The van der Waals surface area contributed by atoms with E-state index in [1.54, 1.807) is 36.4 Å². The van der Waals surface area contributed by atoms with E-state index in [1.165, 1.54) is 19.1 Å². The minimum absolute atomic E-state index is 0.135. The Kier molecular flexibility index (Phi) is 6.03. The van der Waals surface area contributed by atoms with Crippen molar-refractivity contribution < 1.29 is 23.1 Å². The summed E-state index contributed by atoms with van der Waals surface area (Å²) in [5.41, 5.74) is 0.750. The van der Waals surface area contributed by atoms with Crippen LogP contribution in [0.4, 0.5) is 15.8 Å². The molecule has 2 N–H and O–H groups in total. The van der Waals surface area contributed by atoms with Gasteiger partial charge in [-0.25, -0.2) is 4.39 Å². The predicted octanol–water partition coefficient (Wildman–Crippen LogP) is 3.57. The number of anilines is 2. The van der Waals surface area contributed by atoms with Gasteiger partial charge in [-0.15, -0.1) is 0 Å². The maximum absolute atomic E-state index is 13.6. The average Bonchev–Trinajstić information content (AvgIpc) is 2.69. The zero-order valence-corrected chi connectivity index (χ0v) is 15.4. The molecule has 2 aromatic carbocycles. The molecule has 0 spiro atoms. The van der Waals surface area contributed by atoms with Crippen LogP contribution in [-0.4, -0.2) is 11.8 Å². The first-order valence-electron chi connectivity index (χ1n) is 8.60. The molecule has 0 atom stereocenters. The Bertz CT molecular complexity index is 1090. The summed E-state index contributed by atoms with van der Waals surface area (Å²) in [5, 5.41) is 5.19. The van der Waals surface area contributed by atoms with Crippen LogP contribution in [0.3, 0.4) is 0 Å². The van der Waals surface area contributed by atoms with Crippen molar-refractivity contribution in [2.45, 2.75) is 13.5 Å². The van der Waals surface area contributed by atoms with Crippen LogP contribution in [0.2, 0.25) is 0 Å². The first-order valence-corrected chi connectivity index (χ1v) is 8.60. The lowest BCUT2D eigenvalue weighted by atomic mass is 10.2. The molecule has 3 aromatic rings. The topological polar surface area (TPSA) is 97.6 Å². The summed E-state index contributed by atoms with van der Waals surface area (Å²) in [6.45, 7) is 1.24. The van der Waals surface area contributed by atoms with Gasteiger partial charge in [0.05, 0.1) is 0 Å². The van der Waals surface area contributed by atoms with E-state index in [2.05, 4.69) is 10.6 Å². The van der Waals surface area contributed by atoms with E-state index >= 15 is 0 Å². The molecule has 0 aliphatic rings. The number of carbonyl (C=O) groups is 2. The van der Waals surface area contributed by atoms with Gasteiger partial charge in [-0.05, 0) is 30.3 Å². The van der Waals surface area contributed by atoms with Crippen LogP contribution < -0.4 is 20.8 Å². The highest BCUT2D eigenvalue weighted by Crippen LogP contribution is 2.16. The number of rotatable bonds is 6. The molecule has 148 valence electrons. The van der Waals surface area contributed by atoms with Crippen LogP contribution in [-0.2, 0) is 11.4 Å². The summed E-state index contributed by atoms with van der Waals surface area (Å²) >= 11 is 0. The van der Waals surface area contributed by atoms with E-state index in [0.717, 1.165) is 12.3 Å². The van der Waals surface area contributed by atoms with Crippen LogP contribution in [0.15, 0.2) is 70.1 Å². The van der Waals surface area contributed by atoms with Crippen molar-refractivity contribution >= 4 is 23.2 Å². The average molecular weight is 396 g/mol. The molecule has 0 saturated carbocycles. The Labute approximate surface area is 165 Å². The van der Waals surface area contributed by atoms with Crippen molar-refractivity contribution in [3.05, 3.63) is 88.2 Å². The molecule has 0 aliphatic heterocycles. The zero-order chi connectivity index (χ0) is 20.8. The van der Waals surface area contributed by atoms with Crippen molar-refractivity contribution in [2.24, 2.45) is 0 Å². The molecule has 0 aliphatic carbocycles. The third-order valence-corrected chi connectivity index (χ3v) is 3.83. The largest absolute Gasteiger partial charge is 0.482 e. The van der Waals surface area contributed by atoms with Gasteiger partial charge >= 0.3 is 0 Å². The Balaban J connectivity index is 1.64. The number of benzene rings is 2. The molecular weight excluding hydrogens is 379 g/mol. The molecule has 0 bridgehead atoms. The van der Waals surface area contributed by atoms with E-state index in [4.69, 9.17) is 9.15 Å². The fraction of sp³-hybridized carbons (Fsp3) is 0.0952. The Hall–Kier alpha value is -3.94. The summed E-state index contributed by atoms with van der Waals surface area (Å²) < 4.78 is 24.1. The van der Waals surface area contributed by atoms with Gasteiger partial charge in [-0.3, -0.25) is 14.4 Å². The predicted molar refractivity (Wildman–Crippen MR) is 104 cm³/mol. The lowest BCUT2D eigenvalue weighted by Gasteiger charge is -2.08. The molecule has 8 heteroatoms. The standard InChI is InChI=1S/C21H17FN2O5/c1-13(25)23-15-6-8-16(9-7-15)24-21(27)19-10-18(26)20(12-29-19)28-11-14-4-2-3-5-17(14)22/h2-10,12H,11H2,1H3,(H,23,25)(H,24,27). The Morgan fingerprint density at radius 1 is 1.03 bits per heavy atom. The van der Waals surface area contributed by atoms with E-state index in [9.17, 15) is 18.8 Å². The lowest BCUT2D eigenvalue weighted by Crippen LogP contribution is -2.16. The maximum Gasteiger partial charge on any atom is 0.291 e. The lowest BCUT2D eigenvalue weighted by molar-refractivity contribution is -0.114. The minimum Gasteiger partial charge on any atom is -0.482 e. The van der Waals surface area contributed by atoms with Gasteiger partial charge in [0.25, 0.3) is 5.91 Å². The van der Waals surface area contributed by atoms with E-state index in [-0.39, 0.29) is 29.6 Å². The summed E-state index contributed by atoms with van der Waals surface area (Å²) in [4.78, 5) is 35.4. The van der Waals surface area contributed by atoms with Gasteiger partial charge < -0.3 is 19.8 Å². The second-order valence-electron chi connectivity index (χ2n) is 6.07. The van der Waals surface area contributed by atoms with Crippen LogP contribution in [0, 0.1) is 5.82 Å². The van der Waals surface area contributed by atoms with E-state index in [1.807, 2.05) is 0 Å². The fourth-order valence-electron chi connectivity index (χ4n) is 2.43. The van der Waals surface area contributed by atoms with Gasteiger partial charge in [-0.1, -0.05) is 18.2 Å². The van der Waals surface area contributed by atoms with Crippen molar-refractivity contribution in [3.63, 3.8) is 0 Å². The normalized spacial score (nSPS) is 10.3. The summed E-state index contributed by atoms with van der Waals surface area (Å²) in [5.74, 6) is -1.63. The number of nitrogens with one attached hydrogen (secondary N) is 2.